The standard InChI is InChI=1S/C10H11N3O2S.C2H6/c1-12-8-6(4-3-5-7(8)14)13(10(12)15)9(11)16-2;1-2/h3-5,11,14H,1-2H3;1-2H3. The molecule has 1 aromatic heterocycles. The van der Waals surface area contributed by atoms with Gasteiger partial charge in [0.2, 0.25) is 0 Å². The summed E-state index contributed by atoms with van der Waals surface area (Å²) < 4.78 is 2.62. The van der Waals surface area contributed by atoms with E-state index in [2.05, 4.69) is 0 Å². The van der Waals surface area contributed by atoms with Gasteiger partial charge < -0.3 is 5.11 Å². The summed E-state index contributed by atoms with van der Waals surface area (Å²) in [4.78, 5) is 11.9. The first-order valence-corrected chi connectivity index (χ1v) is 6.82. The van der Waals surface area contributed by atoms with Crippen molar-refractivity contribution < 1.29 is 5.11 Å². The molecule has 18 heavy (non-hydrogen) atoms. The van der Waals surface area contributed by atoms with Crippen molar-refractivity contribution in [3.63, 3.8) is 0 Å². The Morgan fingerprint density at radius 2 is 2.00 bits per heavy atom. The summed E-state index contributed by atoms with van der Waals surface area (Å²) in [6, 6.07) is 4.89. The molecule has 5 nitrogen and oxygen atoms in total. The van der Waals surface area contributed by atoms with Gasteiger partial charge in [0.25, 0.3) is 0 Å². The van der Waals surface area contributed by atoms with E-state index in [0.29, 0.717) is 11.0 Å². The fourth-order valence-electron chi connectivity index (χ4n) is 1.68. The highest BCUT2D eigenvalue weighted by Crippen LogP contribution is 2.23. The van der Waals surface area contributed by atoms with Crippen LogP contribution in [0, 0.1) is 5.41 Å². The van der Waals surface area contributed by atoms with E-state index in [4.69, 9.17) is 5.41 Å². The number of phenols is 1. The maximum absolute atomic E-state index is 11.9. The Labute approximate surface area is 110 Å². The molecule has 1 heterocycles. The van der Waals surface area contributed by atoms with Crippen molar-refractivity contribution in [1.82, 2.24) is 9.13 Å². The van der Waals surface area contributed by atoms with E-state index in [-0.39, 0.29) is 16.6 Å². The van der Waals surface area contributed by atoms with Crippen molar-refractivity contribution in [3.8, 4) is 5.75 Å². The molecule has 2 aromatic rings. The van der Waals surface area contributed by atoms with Crippen LogP contribution in [0.4, 0.5) is 0 Å². The van der Waals surface area contributed by atoms with Gasteiger partial charge in [-0.15, -0.1) is 0 Å². The molecule has 98 valence electrons. The zero-order valence-electron chi connectivity index (χ0n) is 10.9. The third-order valence-corrected chi connectivity index (χ3v) is 3.01. The fraction of sp³-hybridized carbons (Fsp3) is 0.333. The minimum atomic E-state index is -0.323. The molecule has 0 radical (unpaired) electrons. The van der Waals surface area contributed by atoms with Crippen LogP contribution < -0.4 is 5.69 Å². The Hall–Kier alpha value is -1.69. The second-order valence-electron chi connectivity index (χ2n) is 3.33. The van der Waals surface area contributed by atoms with Crippen molar-refractivity contribution in [2.75, 3.05) is 6.26 Å². The van der Waals surface area contributed by atoms with E-state index in [0.717, 1.165) is 0 Å². The first-order valence-electron chi connectivity index (χ1n) is 5.60. The Kier molecular flexibility index (Phi) is 4.61. The molecule has 0 aliphatic heterocycles. The van der Waals surface area contributed by atoms with Crippen LogP contribution in [0.25, 0.3) is 11.0 Å². The topological polar surface area (TPSA) is 71.0 Å². The van der Waals surface area contributed by atoms with Gasteiger partial charge in [-0.25, -0.2) is 9.36 Å². The van der Waals surface area contributed by atoms with Gasteiger partial charge in [0, 0.05) is 7.05 Å². The summed E-state index contributed by atoms with van der Waals surface area (Å²) in [5.74, 6) is 0.0461. The number of fused-ring (bicyclic) bond motifs is 1. The molecule has 2 rings (SSSR count). The largest absolute Gasteiger partial charge is 0.506 e. The monoisotopic (exact) mass is 267 g/mol. The van der Waals surface area contributed by atoms with Crippen molar-refractivity contribution in [1.29, 1.82) is 5.41 Å². The highest BCUT2D eigenvalue weighted by molar-refractivity contribution is 8.13. The van der Waals surface area contributed by atoms with E-state index < -0.39 is 0 Å². The molecule has 6 heteroatoms. The zero-order valence-corrected chi connectivity index (χ0v) is 11.7. The molecule has 0 atom stereocenters. The summed E-state index contributed by atoms with van der Waals surface area (Å²) >= 11 is 1.18. The van der Waals surface area contributed by atoms with Crippen molar-refractivity contribution in [3.05, 3.63) is 28.7 Å². The van der Waals surface area contributed by atoms with Crippen molar-refractivity contribution in [2.45, 2.75) is 13.8 Å². The molecule has 0 fully saturated rings. The Balaban J connectivity index is 0.000000771. The highest BCUT2D eigenvalue weighted by Gasteiger charge is 2.15. The van der Waals surface area contributed by atoms with Crippen LogP contribution in [0.15, 0.2) is 23.0 Å². The van der Waals surface area contributed by atoms with Gasteiger partial charge in [-0.1, -0.05) is 31.7 Å². The summed E-state index contributed by atoms with van der Waals surface area (Å²) in [5, 5.41) is 17.6. The van der Waals surface area contributed by atoms with Crippen LogP contribution in [0.1, 0.15) is 13.8 Å². The summed E-state index contributed by atoms with van der Waals surface area (Å²) in [5.41, 5.74) is 0.675. The molecule has 0 unspecified atom stereocenters. The number of aromatic hydroxyl groups is 1. The maximum atomic E-state index is 11.9. The fourth-order valence-corrected chi connectivity index (χ4v) is 2.04. The van der Waals surface area contributed by atoms with Gasteiger partial charge in [-0.3, -0.25) is 9.98 Å². The Bertz CT molecular complexity index is 628. The molecule has 2 N–H and O–H groups in total. The maximum Gasteiger partial charge on any atom is 0.335 e. The smallest absolute Gasteiger partial charge is 0.335 e. The molecule has 0 spiro atoms. The number of aryl methyl sites for hydroxylation is 1. The number of para-hydroxylation sites is 1. The van der Waals surface area contributed by atoms with Crippen LogP contribution in [-0.4, -0.2) is 25.7 Å². The molecule has 0 bridgehead atoms. The number of thioether (sulfide) groups is 1. The SMILES string of the molecule is CC.CSC(=N)n1c(=O)n(C)c2c(O)cccc21. The number of hydrogen-bond acceptors (Lipinski definition) is 4. The molecule has 0 aliphatic carbocycles. The number of nitrogens with zero attached hydrogens (tertiary/aromatic N) is 2. The van der Waals surface area contributed by atoms with Crippen LogP contribution in [0.2, 0.25) is 0 Å². The number of aromatic nitrogens is 2. The van der Waals surface area contributed by atoms with E-state index in [1.54, 1.807) is 25.4 Å². The summed E-state index contributed by atoms with van der Waals surface area (Å²) in [6.45, 7) is 4.00. The minimum Gasteiger partial charge on any atom is -0.506 e. The Morgan fingerprint density at radius 1 is 1.39 bits per heavy atom. The average molecular weight is 267 g/mol. The molecular weight excluding hydrogens is 250 g/mol. The second-order valence-corrected chi connectivity index (χ2v) is 4.13. The molecule has 0 saturated heterocycles. The lowest BCUT2D eigenvalue weighted by atomic mass is 10.3. The quantitative estimate of drug-likeness (QED) is 0.568. The first-order chi connectivity index (χ1) is 8.57. The predicted octanol–water partition coefficient (Wildman–Crippen LogP) is 2.22. The summed E-state index contributed by atoms with van der Waals surface area (Å²) in [6.07, 6.45) is 1.73. The van der Waals surface area contributed by atoms with E-state index >= 15 is 0 Å². The van der Waals surface area contributed by atoms with E-state index in [1.807, 2.05) is 13.8 Å². The number of nitrogens with one attached hydrogen (secondary N) is 1. The second kappa shape index (κ2) is 5.77. The lowest BCUT2D eigenvalue weighted by Gasteiger charge is -2.01. The summed E-state index contributed by atoms with van der Waals surface area (Å²) in [7, 11) is 1.58. The normalized spacial score (nSPS) is 10.0. The third kappa shape index (κ3) is 2.15. The predicted molar refractivity (Wildman–Crippen MR) is 76.8 cm³/mol. The number of hydrogen-bond donors (Lipinski definition) is 2. The molecule has 0 amide bonds. The molecular formula is C12H17N3O2S. The number of rotatable bonds is 0. The van der Waals surface area contributed by atoms with Crippen LogP contribution >= 0.6 is 11.8 Å². The number of benzene rings is 1. The Morgan fingerprint density at radius 3 is 2.56 bits per heavy atom. The van der Waals surface area contributed by atoms with Gasteiger partial charge >= 0.3 is 5.69 Å². The average Bonchev–Trinajstić information content (AvgIpc) is 2.65. The van der Waals surface area contributed by atoms with Gasteiger partial charge in [0.05, 0.1) is 5.52 Å². The van der Waals surface area contributed by atoms with Gasteiger partial charge in [-0.05, 0) is 18.4 Å². The van der Waals surface area contributed by atoms with Gasteiger partial charge in [0.1, 0.15) is 11.3 Å². The van der Waals surface area contributed by atoms with E-state index in [1.165, 1.54) is 27.0 Å². The van der Waals surface area contributed by atoms with Gasteiger partial charge in [0.15, 0.2) is 5.17 Å². The highest BCUT2D eigenvalue weighted by atomic mass is 32.2. The zero-order chi connectivity index (χ0) is 13.9. The lowest BCUT2D eigenvalue weighted by Crippen LogP contribution is -2.25. The van der Waals surface area contributed by atoms with Crippen LogP contribution in [0.5, 0.6) is 5.75 Å². The van der Waals surface area contributed by atoms with E-state index in [9.17, 15) is 9.90 Å². The molecule has 1 aromatic carbocycles. The van der Waals surface area contributed by atoms with Gasteiger partial charge in [-0.2, -0.15) is 0 Å². The van der Waals surface area contributed by atoms with Crippen molar-refractivity contribution in [2.24, 2.45) is 7.05 Å². The van der Waals surface area contributed by atoms with Crippen LogP contribution in [0.3, 0.4) is 0 Å². The third-order valence-electron chi connectivity index (χ3n) is 2.44. The number of imidazole rings is 1. The van der Waals surface area contributed by atoms with Crippen molar-refractivity contribution >= 4 is 28.0 Å². The number of phenolic OH excluding ortho intramolecular Hbond substituents is 1. The molecule has 0 aliphatic rings. The minimum absolute atomic E-state index is 0.0461. The first kappa shape index (κ1) is 14.4. The lowest BCUT2D eigenvalue weighted by molar-refractivity contribution is 0.478. The van der Waals surface area contributed by atoms with Crippen LogP contribution in [-0.2, 0) is 7.05 Å². The molecule has 0 saturated carbocycles.